The molecule has 0 aliphatic rings. The van der Waals surface area contributed by atoms with Gasteiger partial charge in [0, 0.05) is 0 Å². The van der Waals surface area contributed by atoms with E-state index in [1.165, 1.54) is 6.39 Å². The highest BCUT2D eigenvalue weighted by molar-refractivity contribution is 5.40. The molecule has 10 heavy (non-hydrogen) atoms. The van der Waals surface area contributed by atoms with Crippen LogP contribution < -0.4 is 0 Å². The molecule has 0 N–H and O–H groups in total. The molecule has 0 fully saturated rings. The first kappa shape index (κ1) is 7.06. The maximum absolute atomic E-state index is 4.96. The zero-order valence-electron chi connectivity index (χ0n) is 5.79. The molecule has 2 heteroatoms. The molecule has 0 bridgehead atoms. The van der Waals surface area contributed by atoms with E-state index >= 15 is 0 Å². The Hall–Kier alpha value is -1.05. The minimum atomic E-state index is 0.799. The molecule has 53 valence electrons. The maximum Gasteiger partial charge on any atom is 0.181 e. The lowest BCUT2D eigenvalue weighted by molar-refractivity contribution is 0.548. The van der Waals surface area contributed by atoms with E-state index in [2.05, 4.69) is 11.9 Å². The van der Waals surface area contributed by atoms with Crippen LogP contribution in [0.2, 0.25) is 0 Å². The highest BCUT2D eigenvalue weighted by atomic mass is 16.3. The third-order valence-electron chi connectivity index (χ3n) is 1.10. The summed E-state index contributed by atoms with van der Waals surface area (Å²) in [6, 6.07) is 0. The molecule has 1 rings (SSSR count). The maximum atomic E-state index is 4.96. The van der Waals surface area contributed by atoms with Crippen LogP contribution in [0.25, 0.3) is 6.08 Å². The molecule has 0 saturated heterocycles. The second-order valence-corrected chi connectivity index (χ2v) is 1.95. The number of oxazole rings is 1. The minimum Gasteiger partial charge on any atom is -0.444 e. The lowest BCUT2D eigenvalue weighted by Crippen LogP contribution is -1.62. The summed E-state index contributed by atoms with van der Waals surface area (Å²) < 4.78 is 4.96. The van der Waals surface area contributed by atoms with Gasteiger partial charge in [0.15, 0.2) is 6.39 Å². The van der Waals surface area contributed by atoms with Gasteiger partial charge in [0.1, 0.15) is 5.76 Å². The Morgan fingerprint density at radius 3 is 3.20 bits per heavy atom. The smallest absolute Gasteiger partial charge is 0.181 e. The molecule has 0 amide bonds. The monoisotopic (exact) mass is 136 g/mol. The molecular formula is C8H10NO. The van der Waals surface area contributed by atoms with E-state index in [0.717, 1.165) is 18.6 Å². The zero-order valence-corrected chi connectivity index (χ0v) is 5.79. The molecule has 1 aromatic heterocycles. The Bertz CT molecular complexity index is 189. The van der Waals surface area contributed by atoms with Crippen molar-refractivity contribution in [2.75, 3.05) is 0 Å². The quantitative estimate of drug-likeness (QED) is 0.637. The average Bonchev–Trinajstić information content (AvgIpc) is 2.41. The van der Waals surface area contributed by atoms with E-state index in [9.17, 15) is 0 Å². The van der Waals surface area contributed by atoms with E-state index < -0.39 is 0 Å². The molecule has 2 nitrogen and oxygen atoms in total. The van der Waals surface area contributed by atoms with Crippen molar-refractivity contribution in [1.29, 1.82) is 0 Å². The van der Waals surface area contributed by atoms with Crippen molar-refractivity contribution in [3.05, 3.63) is 31.4 Å². The predicted molar refractivity (Wildman–Crippen MR) is 40.1 cm³/mol. The number of aromatic nitrogens is 1. The third-order valence-corrected chi connectivity index (χ3v) is 1.10. The zero-order chi connectivity index (χ0) is 7.23. The van der Waals surface area contributed by atoms with Crippen LogP contribution in [0.3, 0.4) is 0 Å². The van der Waals surface area contributed by atoms with Crippen LogP contribution in [-0.4, -0.2) is 4.98 Å². The summed E-state index contributed by atoms with van der Waals surface area (Å²) in [7, 11) is 0. The van der Waals surface area contributed by atoms with Crippen LogP contribution in [0.4, 0.5) is 0 Å². The highest BCUT2D eigenvalue weighted by Gasteiger charge is 1.85. The Balaban J connectivity index is 2.40. The van der Waals surface area contributed by atoms with Crippen molar-refractivity contribution < 1.29 is 4.42 Å². The van der Waals surface area contributed by atoms with Crippen LogP contribution in [-0.2, 0) is 0 Å². The second kappa shape index (κ2) is 3.88. The highest BCUT2D eigenvalue weighted by Crippen LogP contribution is 2.00. The van der Waals surface area contributed by atoms with Crippen molar-refractivity contribution in [1.82, 2.24) is 4.98 Å². The summed E-state index contributed by atoms with van der Waals surface area (Å²) >= 11 is 0. The van der Waals surface area contributed by atoms with Crippen LogP contribution in [0, 0.1) is 6.92 Å². The van der Waals surface area contributed by atoms with E-state index in [1.807, 2.05) is 12.2 Å². The molecule has 1 radical (unpaired) electrons. The van der Waals surface area contributed by atoms with Gasteiger partial charge >= 0.3 is 0 Å². The van der Waals surface area contributed by atoms with Gasteiger partial charge < -0.3 is 4.42 Å². The van der Waals surface area contributed by atoms with E-state index in [1.54, 1.807) is 6.20 Å². The van der Waals surface area contributed by atoms with Crippen LogP contribution in [0.5, 0.6) is 0 Å². The van der Waals surface area contributed by atoms with E-state index in [0.29, 0.717) is 0 Å². The molecule has 0 atom stereocenters. The summed E-state index contributed by atoms with van der Waals surface area (Å²) in [6.45, 7) is 3.71. The molecule has 0 saturated carbocycles. The minimum absolute atomic E-state index is 0.799. The van der Waals surface area contributed by atoms with Gasteiger partial charge in [0.2, 0.25) is 0 Å². The number of hydrogen-bond donors (Lipinski definition) is 0. The largest absolute Gasteiger partial charge is 0.444 e. The number of allylic oxidation sites excluding steroid dienone is 1. The van der Waals surface area contributed by atoms with Crippen LogP contribution in [0.1, 0.15) is 18.6 Å². The number of rotatable bonds is 3. The van der Waals surface area contributed by atoms with Crippen molar-refractivity contribution in [3.8, 4) is 0 Å². The van der Waals surface area contributed by atoms with Gasteiger partial charge in [0.05, 0.1) is 6.20 Å². The molecule has 0 aliphatic heterocycles. The number of unbranched alkanes of at least 4 members (excludes halogenated alkanes) is 1. The van der Waals surface area contributed by atoms with Gasteiger partial charge in [-0.25, -0.2) is 4.98 Å². The summed E-state index contributed by atoms with van der Waals surface area (Å²) in [5.41, 5.74) is 0. The van der Waals surface area contributed by atoms with Gasteiger partial charge in [-0.05, 0) is 18.9 Å². The normalized spacial score (nSPS) is 10.9. The second-order valence-electron chi connectivity index (χ2n) is 1.95. The third kappa shape index (κ3) is 2.05. The summed E-state index contributed by atoms with van der Waals surface area (Å²) in [6.07, 6.45) is 8.93. The molecule has 1 heterocycles. The first-order valence-electron chi connectivity index (χ1n) is 3.28. The fourth-order valence-corrected chi connectivity index (χ4v) is 0.625. The summed E-state index contributed by atoms with van der Waals surface area (Å²) in [5, 5.41) is 0. The van der Waals surface area contributed by atoms with Gasteiger partial charge in [-0.15, -0.1) is 0 Å². The Morgan fingerprint density at radius 2 is 2.60 bits per heavy atom. The lowest BCUT2D eigenvalue weighted by Gasteiger charge is -1.81. The fourth-order valence-electron chi connectivity index (χ4n) is 0.625. The fraction of sp³-hybridized carbons (Fsp3) is 0.250. The van der Waals surface area contributed by atoms with Gasteiger partial charge in [-0.2, -0.15) is 0 Å². The Kier molecular flexibility index (Phi) is 2.74. The number of hydrogen-bond acceptors (Lipinski definition) is 2. The van der Waals surface area contributed by atoms with Gasteiger partial charge in [-0.1, -0.05) is 13.0 Å². The predicted octanol–water partition coefficient (Wildman–Crippen LogP) is 2.30. The molecule has 0 aromatic carbocycles. The van der Waals surface area contributed by atoms with Crippen LogP contribution in [0.15, 0.2) is 23.1 Å². The Labute approximate surface area is 60.6 Å². The first-order valence-corrected chi connectivity index (χ1v) is 3.28. The summed E-state index contributed by atoms with van der Waals surface area (Å²) in [4.78, 5) is 3.77. The standard InChI is InChI=1S/C8H10NO/c1-2-3-4-5-8-6-9-7-10-8/h4-7H,1-3H2. The SMILES string of the molecule is [CH2]CCC=Cc1cnco1. The Morgan fingerprint density at radius 1 is 1.70 bits per heavy atom. The van der Waals surface area contributed by atoms with Gasteiger partial charge in [-0.3, -0.25) is 0 Å². The molecule has 0 unspecified atom stereocenters. The topological polar surface area (TPSA) is 26.0 Å². The van der Waals surface area contributed by atoms with E-state index in [4.69, 9.17) is 4.42 Å². The molecular weight excluding hydrogens is 126 g/mol. The van der Waals surface area contributed by atoms with Crippen molar-refractivity contribution in [2.24, 2.45) is 0 Å². The van der Waals surface area contributed by atoms with Crippen LogP contribution >= 0.6 is 0 Å². The molecule has 1 aromatic rings. The lowest BCUT2D eigenvalue weighted by atomic mass is 10.3. The van der Waals surface area contributed by atoms with Gasteiger partial charge in [0.25, 0.3) is 0 Å². The summed E-state index contributed by atoms with van der Waals surface area (Å²) in [5.74, 6) is 0.799. The van der Waals surface area contributed by atoms with Crippen molar-refractivity contribution in [2.45, 2.75) is 12.8 Å². The average molecular weight is 136 g/mol. The van der Waals surface area contributed by atoms with E-state index in [-0.39, 0.29) is 0 Å². The molecule has 0 spiro atoms. The van der Waals surface area contributed by atoms with Crippen molar-refractivity contribution in [3.63, 3.8) is 0 Å². The van der Waals surface area contributed by atoms with Crippen molar-refractivity contribution >= 4 is 6.08 Å². The first-order chi connectivity index (χ1) is 4.93. The molecule has 0 aliphatic carbocycles. The number of nitrogens with zero attached hydrogens (tertiary/aromatic N) is 1.